The van der Waals surface area contributed by atoms with Gasteiger partial charge < -0.3 is 14.2 Å². The maximum absolute atomic E-state index is 13.4. The van der Waals surface area contributed by atoms with Gasteiger partial charge in [0.15, 0.2) is 0 Å². The summed E-state index contributed by atoms with van der Waals surface area (Å²) < 4.78 is 216. The highest BCUT2D eigenvalue weighted by molar-refractivity contribution is 5.81. The highest BCUT2D eigenvalue weighted by Crippen LogP contribution is 2.50. The summed E-state index contributed by atoms with van der Waals surface area (Å²) in [5.74, 6) is -41.9. The summed E-state index contributed by atoms with van der Waals surface area (Å²) in [4.78, 5) is 11.0. The molecule has 0 spiro atoms. The van der Waals surface area contributed by atoms with Crippen molar-refractivity contribution in [3.63, 3.8) is 0 Å². The van der Waals surface area contributed by atoms with Crippen LogP contribution in [0.25, 0.3) is 0 Å². The molecule has 0 radical (unpaired) electrons. The van der Waals surface area contributed by atoms with E-state index in [9.17, 15) is 75.0 Å². The molecule has 0 aromatic heterocycles. The van der Waals surface area contributed by atoms with Crippen molar-refractivity contribution in [1.29, 1.82) is 0 Å². The third-order valence-corrected chi connectivity index (χ3v) is 3.48. The van der Waals surface area contributed by atoms with Gasteiger partial charge in [0, 0.05) is 6.08 Å². The zero-order valence-corrected chi connectivity index (χ0v) is 15.6. The normalized spacial score (nSPS) is 14.8. The Morgan fingerprint density at radius 1 is 0.676 bits per heavy atom. The molecule has 0 heterocycles. The molecule has 0 aromatic carbocycles. The molecule has 0 aliphatic carbocycles. The van der Waals surface area contributed by atoms with Crippen LogP contribution in [-0.4, -0.2) is 74.0 Å². The maximum atomic E-state index is 13.4. The van der Waals surface area contributed by atoms with Crippen LogP contribution in [0.5, 0.6) is 0 Å². The van der Waals surface area contributed by atoms with Gasteiger partial charge in [0.2, 0.25) is 0 Å². The molecule has 0 aliphatic rings. The zero-order chi connectivity index (χ0) is 27.6. The van der Waals surface area contributed by atoms with E-state index in [0.717, 1.165) is 0 Å². The summed E-state index contributed by atoms with van der Waals surface area (Å²) in [6.45, 7) is -7.35. The first kappa shape index (κ1) is 32.0. The number of rotatable bonds is 14. The van der Waals surface area contributed by atoms with Gasteiger partial charge in [-0.05, 0) is 0 Å². The Morgan fingerprint density at radius 2 is 0.971 bits per heavy atom. The number of alkyl halides is 16. The van der Waals surface area contributed by atoms with Crippen molar-refractivity contribution in [2.45, 2.75) is 54.9 Å². The van der Waals surface area contributed by atoms with Gasteiger partial charge >= 0.3 is 60.8 Å². The van der Waals surface area contributed by atoms with Crippen molar-refractivity contribution in [3.8, 4) is 0 Å². The van der Waals surface area contributed by atoms with Gasteiger partial charge in [-0.2, -0.15) is 52.7 Å². The topological polar surface area (TPSA) is 44.8 Å². The Hall–Kier alpha value is -1.99. The molecule has 0 fully saturated rings. The lowest BCUT2D eigenvalue weighted by molar-refractivity contribution is -0.379. The van der Waals surface area contributed by atoms with Crippen LogP contribution in [0, 0.1) is 0 Å². The van der Waals surface area contributed by atoms with E-state index in [0.29, 0.717) is 0 Å². The smallest absolute Gasteiger partial charge is 0.380 e. The van der Waals surface area contributed by atoms with Gasteiger partial charge in [-0.3, -0.25) is 0 Å². The highest BCUT2D eigenvalue weighted by atomic mass is 19.4. The molecular weight excluding hydrogens is 536 g/mol. The van der Waals surface area contributed by atoms with E-state index in [1.165, 1.54) is 0 Å². The second-order valence-corrected chi connectivity index (χ2v) is 5.96. The van der Waals surface area contributed by atoms with E-state index in [4.69, 9.17) is 0 Å². The Morgan fingerprint density at radius 3 is 1.21 bits per heavy atom. The van der Waals surface area contributed by atoms with E-state index >= 15 is 0 Å². The summed E-state index contributed by atoms with van der Waals surface area (Å²) in [5, 5.41) is 0. The number of carbonyl (C=O) groups excluding carboxylic acids is 1. The average molecular weight is 546 g/mol. The first-order valence-electron chi connectivity index (χ1n) is 7.81. The number of ether oxygens (including phenoxy) is 3. The predicted molar refractivity (Wildman–Crippen MR) is 73.7 cm³/mol. The molecule has 0 saturated carbocycles. The number of hydrogen-bond donors (Lipinski definition) is 0. The second kappa shape index (κ2) is 10.3. The fourth-order valence-electron chi connectivity index (χ4n) is 1.55. The van der Waals surface area contributed by atoms with E-state index in [1.54, 1.807) is 0 Å². The Kier molecular flexibility index (Phi) is 9.72. The Bertz CT molecular complexity index is 660. The monoisotopic (exact) mass is 546 g/mol. The van der Waals surface area contributed by atoms with Crippen LogP contribution < -0.4 is 0 Å². The van der Waals surface area contributed by atoms with Gasteiger partial charge in [-0.15, -0.1) is 0 Å². The molecule has 0 saturated heterocycles. The van der Waals surface area contributed by atoms with Crippen molar-refractivity contribution in [1.82, 2.24) is 0 Å². The quantitative estimate of drug-likeness (QED) is 0.127. The summed E-state index contributed by atoms with van der Waals surface area (Å²) in [6, 6.07) is 0. The van der Waals surface area contributed by atoms with Crippen molar-refractivity contribution in [2.24, 2.45) is 0 Å². The second-order valence-electron chi connectivity index (χ2n) is 5.96. The molecule has 0 aromatic rings. The summed E-state index contributed by atoms with van der Waals surface area (Å²) in [6.07, 6.45) is -10.7. The highest BCUT2D eigenvalue weighted by Gasteiger charge is 2.76. The first-order valence-corrected chi connectivity index (χ1v) is 7.81. The Balaban J connectivity index is 5.73. The number of carbonyl (C=O) groups is 1. The fourth-order valence-corrected chi connectivity index (χ4v) is 1.55. The number of hydrogen-bond acceptors (Lipinski definition) is 4. The molecule has 0 amide bonds. The lowest BCUT2D eigenvalue weighted by Crippen LogP contribution is -2.60. The van der Waals surface area contributed by atoms with Crippen LogP contribution in [0.1, 0.15) is 0 Å². The largest absolute Gasteiger partial charge is 0.407 e. The molecule has 20 heteroatoms. The minimum absolute atomic E-state index is 0.0368. The fraction of sp³-hybridized carbons (Fsp3) is 0.786. The number of halogens is 16. The van der Waals surface area contributed by atoms with E-state index < -0.39 is 74.0 Å². The molecule has 34 heavy (non-hydrogen) atoms. The molecule has 0 bridgehead atoms. The molecule has 0 rings (SSSR count). The van der Waals surface area contributed by atoms with Crippen LogP contribution >= 0.6 is 0 Å². The van der Waals surface area contributed by atoms with E-state index in [2.05, 4.69) is 20.8 Å². The van der Waals surface area contributed by atoms with Gasteiger partial charge in [0.1, 0.15) is 13.2 Å². The average Bonchev–Trinajstić information content (AvgIpc) is 2.68. The minimum Gasteiger partial charge on any atom is -0.407 e. The van der Waals surface area contributed by atoms with Crippen molar-refractivity contribution in [3.05, 3.63) is 12.7 Å². The third-order valence-electron chi connectivity index (χ3n) is 3.48. The predicted octanol–water partition coefficient (Wildman–Crippen LogP) is 5.37. The van der Waals surface area contributed by atoms with E-state index in [1.807, 2.05) is 0 Å². The molecule has 0 N–H and O–H groups in total. The molecule has 0 aliphatic heterocycles. The summed E-state index contributed by atoms with van der Waals surface area (Å²) in [7, 11) is 0. The van der Waals surface area contributed by atoms with Gasteiger partial charge in [0.05, 0.1) is 0 Å². The van der Waals surface area contributed by atoms with Crippen LogP contribution in [0.4, 0.5) is 70.2 Å². The standard InChI is InChI=1S/C14H10F16O4/c1-2-5(31)34-8(32-3-9(19,20)13(27,28)11(23,24)6(15)16)33-4-10(21,22)14(29,30)12(25,26)7(17)18/h2,6-8H,1,3-4H2. The van der Waals surface area contributed by atoms with Gasteiger partial charge in [0.25, 0.3) is 0 Å². The molecular formula is C14H10F16O4. The van der Waals surface area contributed by atoms with Crippen LogP contribution in [0.2, 0.25) is 0 Å². The first-order chi connectivity index (χ1) is 14.9. The molecule has 0 unspecified atom stereocenters. The lowest BCUT2D eigenvalue weighted by Gasteiger charge is -2.34. The summed E-state index contributed by atoms with van der Waals surface area (Å²) >= 11 is 0. The van der Waals surface area contributed by atoms with Crippen LogP contribution in [0.15, 0.2) is 12.7 Å². The molecule has 202 valence electrons. The Labute approximate surface area is 177 Å². The SMILES string of the molecule is C=CC(=O)OC(OCC(F)(F)C(F)(F)C(F)(F)C(F)F)OCC(F)(F)C(F)(F)C(F)(F)C(F)F. The summed E-state index contributed by atoms with van der Waals surface area (Å²) in [5.41, 5.74) is 0. The van der Waals surface area contributed by atoms with Crippen molar-refractivity contribution >= 4 is 5.97 Å². The van der Waals surface area contributed by atoms with Crippen molar-refractivity contribution in [2.75, 3.05) is 13.2 Å². The van der Waals surface area contributed by atoms with Gasteiger partial charge in [-0.1, -0.05) is 6.58 Å². The molecule has 0 atom stereocenters. The van der Waals surface area contributed by atoms with E-state index in [-0.39, 0.29) is 6.08 Å². The maximum Gasteiger partial charge on any atom is 0.380 e. The van der Waals surface area contributed by atoms with Crippen molar-refractivity contribution < 1.29 is 89.3 Å². The minimum atomic E-state index is -6.92. The van der Waals surface area contributed by atoms with Gasteiger partial charge in [-0.25, -0.2) is 22.4 Å². The lowest BCUT2D eigenvalue weighted by atomic mass is 10.1. The third kappa shape index (κ3) is 6.16. The number of esters is 1. The van der Waals surface area contributed by atoms with Crippen LogP contribution in [0.3, 0.4) is 0 Å². The van der Waals surface area contributed by atoms with Crippen LogP contribution in [-0.2, 0) is 19.0 Å². The zero-order valence-electron chi connectivity index (χ0n) is 15.6. The molecule has 4 nitrogen and oxygen atoms in total.